The van der Waals surface area contributed by atoms with Crippen molar-refractivity contribution >= 4 is 8.32 Å². The zero-order valence-electron chi connectivity index (χ0n) is 16.2. The van der Waals surface area contributed by atoms with Gasteiger partial charge in [-0.05, 0) is 48.7 Å². The van der Waals surface area contributed by atoms with Gasteiger partial charge in [0.2, 0.25) is 0 Å². The summed E-state index contributed by atoms with van der Waals surface area (Å²) in [6, 6.07) is 7.98. The van der Waals surface area contributed by atoms with Crippen molar-refractivity contribution in [2.75, 3.05) is 13.7 Å². The first-order chi connectivity index (χ1) is 11.2. The minimum atomic E-state index is -1.79. The lowest BCUT2D eigenvalue weighted by molar-refractivity contribution is 0.0310. The van der Waals surface area contributed by atoms with Crippen LogP contribution in [-0.2, 0) is 15.8 Å². The fourth-order valence-electron chi connectivity index (χ4n) is 2.10. The first-order valence-corrected chi connectivity index (χ1v) is 11.6. The van der Waals surface area contributed by atoms with E-state index in [1.165, 1.54) is 0 Å². The van der Waals surface area contributed by atoms with E-state index < -0.39 is 8.32 Å². The molecule has 0 heterocycles. The van der Waals surface area contributed by atoms with E-state index in [9.17, 15) is 0 Å². The molecule has 0 aliphatic heterocycles. The summed E-state index contributed by atoms with van der Waals surface area (Å²) in [7, 11) is -0.116. The van der Waals surface area contributed by atoms with E-state index in [4.69, 9.17) is 13.9 Å². The van der Waals surface area contributed by atoms with E-state index in [0.717, 1.165) is 24.2 Å². The SMILES string of the molecule is C=CCC[C@H](COCc1ccc(OC)cc1)O[Si](C)(C)C(C)(C)C. The van der Waals surface area contributed by atoms with Crippen molar-refractivity contribution in [1.82, 2.24) is 0 Å². The van der Waals surface area contributed by atoms with Gasteiger partial charge in [-0.2, -0.15) is 0 Å². The highest BCUT2D eigenvalue weighted by atomic mass is 28.4. The molecule has 24 heavy (non-hydrogen) atoms. The molecule has 3 nitrogen and oxygen atoms in total. The molecule has 0 aliphatic carbocycles. The lowest BCUT2D eigenvalue weighted by atomic mass is 10.2. The minimum absolute atomic E-state index is 0.127. The van der Waals surface area contributed by atoms with Gasteiger partial charge in [0.1, 0.15) is 5.75 Å². The van der Waals surface area contributed by atoms with Crippen LogP contribution in [0, 0.1) is 0 Å². The number of hydrogen-bond donors (Lipinski definition) is 0. The van der Waals surface area contributed by atoms with Gasteiger partial charge in [-0.3, -0.25) is 0 Å². The lowest BCUT2D eigenvalue weighted by Crippen LogP contribution is -2.45. The predicted molar refractivity (Wildman–Crippen MR) is 104 cm³/mol. The Balaban J connectivity index is 2.57. The Bertz CT molecular complexity index is 489. The second kappa shape index (κ2) is 9.40. The molecule has 0 fully saturated rings. The van der Waals surface area contributed by atoms with Crippen LogP contribution in [0.3, 0.4) is 0 Å². The first kappa shape index (κ1) is 20.9. The lowest BCUT2D eigenvalue weighted by Gasteiger charge is -2.39. The van der Waals surface area contributed by atoms with Crippen molar-refractivity contribution in [2.45, 2.75) is 64.5 Å². The van der Waals surface area contributed by atoms with Crippen molar-refractivity contribution in [2.24, 2.45) is 0 Å². The molecular formula is C20H34O3Si. The Labute approximate surface area is 149 Å². The Morgan fingerprint density at radius 2 is 1.79 bits per heavy atom. The van der Waals surface area contributed by atoms with Crippen LogP contribution in [0.4, 0.5) is 0 Å². The third kappa shape index (κ3) is 6.79. The maximum atomic E-state index is 6.53. The molecule has 0 N–H and O–H groups in total. The monoisotopic (exact) mass is 350 g/mol. The Kier molecular flexibility index (Phi) is 8.20. The van der Waals surface area contributed by atoms with Gasteiger partial charge in [-0.1, -0.05) is 39.0 Å². The van der Waals surface area contributed by atoms with E-state index in [0.29, 0.717) is 13.2 Å². The zero-order valence-corrected chi connectivity index (χ0v) is 17.2. The molecule has 0 spiro atoms. The Morgan fingerprint density at radius 3 is 2.29 bits per heavy atom. The maximum absolute atomic E-state index is 6.53. The van der Waals surface area contributed by atoms with Gasteiger partial charge < -0.3 is 13.9 Å². The van der Waals surface area contributed by atoms with E-state index in [2.05, 4.69) is 40.4 Å². The summed E-state index contributed by atoms with van der Waals surface area (Å²) in [6.07, 6.45) is 3.98. The molecule has 0 saturated heterocycles. The van der Waals surface area contributed by atoms with Gasteiger partial charge in [0.15, 0.2) is 8.32 Å². The number of hydrogen-bond acceptors (Lipinski definition) is 3. The molecule has 0 saturated carbocycles. The molecule has 1 atom stereocenters. The number of benzene rings is 1. The average Bonchev–Trinajstić information content (AvgIpc) is 2.51. The van der Waals surface area contributed by atoms with E-state index in [1.807, 2.05) is 30.3 Å². The van der Waals surface area contributed by atoms with Crippen LogP contribution in [0.15, 0.2) is 36.9 Å². The molecule has 1 aromatic carbocycles. The Morgan fingerprint density at radius 1 is 1.17 bits per heavy atom. The minimum Gasteiger partial charge on any atom is -0.497 e. The highest BCUT2D eigenvalue weighted by Gasteiger charge is 2.39. The quantitative estimate of drug-likeness (QED) is 0.408. The van der Waals surface area contributed by atoms with Crippen LogP contribution >= 0.6 is 0 Å². The van der Waals surface area contributed by atoms with Crippen molar-refractivity contribution in [3.63, 3.8) is 0 Å². The highest BCUT2D eigenvalue weighted by Crippen LogP contribution is 2.37. The summed E-state index contributed by atoms with van der Waals surface area (Å²) in [5, 5.41) is 0.204. The summed E-state index contributed by atoms with van der Waals surface area (Å²) in [6.45, 7) is 16.4. The topological polar surface area (TPSA) is 27.7 Å². The van der Waals surface area contributed by atoms with E-state index in [-0.39, 0.29) is 11.1 Å². The number of rotatable bonds is 10. The van der Waals surface area contributed by atoms with Crippen LogP contribution in [0.1, 0.15) is 39.2 Å². The van der Waals surface area contributed by atoms with Gasteiger partial charge in [-0.25, -0.2) is 0 Å². The summed E-state index contributed by atoms with van der Waals surface area (Å²) < 4.78 is 17.6. The van der Waals surface area contributed by atoms with Crippen LogP contribution in [0.25, 0.3) is 0 Å². The van der Waals surface area contributed by atoms with Crippen molar-refractivity contribution in [3.05, 3.63) is 42.5 Å². The highest BCUT2D eigenvalue weighted by molar-refractivity contribution is 6.74. The third-order valence-electron chi connectivity index (χ3n) is 4.69. The molecule has 0 aromatic heterocycles. The predicted octanol–water partition coefficient (Wildman–Crippen LogP) is 5.57. The van der Waals surface area contributed by atoms with Gasteiger partial charge in [-0.15, -0.1) is 6.58 Å². The normalized spacial score (nSPS) is 13.6. The summed E-state index contributed by atoms with van der Waals surface area (Å²) in [4.78, 5) is 0. The number of methoxy groups -OCH3 is 1. The second-order valence-electron chi connectivity index (χ2n) is 7.73. The molecule has 0 unspecified atom stereocenters. The summed E-state index contributed by atoms with van der Waals surface area (Å²) >= 11 is 0. The number of ether oxygens (including phenoxy) is 2. The average molecular weight is 351 g/mol. The van der Waals surface area contributed by atoms with Crippen LogP contribution in [-0.4, -0.2) is 28.1 Å². The van der Waals surface area contributed by atoms with Crippen LogP contribution in [0.5, 0.6) is 5.75 Å². The number of allylic oxidation sites excluding steroid dienone is 1. The van der Waals surface area contributed by atoms with Crippen molar-refractivity contribution in [1.29, 1.82) is 0 Å². The first-order valence-electron chi connectivity index (χ1n) is 8.69. The largest absolute Gasteiger partial charge is 0.497 e. The second-order valence-corrected chi connectivity index (χ2v) is 12.5. The van der Waals surface area contributed by atoms with Gasteiger partial charge >= 0.3 is 0 Å². The summed E-state index contributed by atoms with van der Waals surface area (Å²) in [5.41, 5.74) is 1.14. The van der Waals surface area contributed by atoms with Crippen LogP contribution < -0.4 is 4.74 Å². The van der Waals surface area contributed by atoms with Crippen LogP contribution in [0.2, 0.25) is 18.1 Å². The third-order valence-corrected chi connectivity index (χ3v) is 9.23. The molecular weight excluding hydrogens is 316 g/mol. The van der Waals surface area contributed by atoms with Gasteiger partial charge in [0.05, 0.1) is 26.4 Å². The van der Waals surface area contributed by atoms with Gasteiger partial charge in [0.25, 0.3) is 0 Å². The maximum Gasteiger partial charge on any atom is 0.192 e. The molecule has 0 bridgehead atoms. The molecule has 0 amide bonds. The Hall–Kier alpha value is -1.10. The summed E-state index contributed by atoms with van der Waals surface area (Å²) in [5.74, 6) is 0.865. The molecule has 4 heteroatoms. The van der Waals surface area contributed by atoms with Crippen molar-refractivity contribution < 1.29 is 13.9 Å². The fourth-order valence-corrected chi connectivity index (χ4v) is 3.48. The molecule has 136 valence electrons. The fraction of sp³-hybridized carbons (Fsp3) is 0.600. The molecule has 1 aromatic rings. The van der Waals surface area contributed by atoms with E-state index in [1.54, 1.807) is 7.11 Å². The standard InChI is InChI=1S/C20H34O3Si/c1-8-9-10-19(23-24(6,7)20(2,3)4)16-22-15-17-11-13-18(21-5)14-12-17/h8,11-14,19H,1,9-10,15-16H2,2-7H3/t19-/m1/s1. The smallest absolute Gasteiger partial charge is 0.192 e. The van der Waals surface area contributed by atoms with Crippen molar-refractivity contribution in [3.8, 4) is 5.75 Å². The molecule has 0 radical (unpaired) electrons. The van der Waals surface area contributed by atoms with Gasteiger partial charge in [0, 0.05) is 0 Å². The molecule has 1 rings (SSSR count). The van der Waals surface area contributed by atoms with E-state index >= 15 is 0 Å². The molecule has 0 aliphatic rings. The zero-order chi connectivity index (χ0) is 18.2.